The smallest absolute Gasteiger partial charge is 0.200 e. The molecule has 1 aliphatic rings. The predicted octanol–water partition coefficient (Wildman–Crippen LogP) is 5.38. The highest BCUT2D eigenvalue weighted by atomic mass is 16.5. The Morgan fingerprint density at radius 1 is 1.00 bits per heavy atom. The SMILES string of the molecule is COCC1CCN(c2nc(-c3ccccn3)nn3cc(-c4ccn(C(C)C)n4)c(-c4ccccc4)c23)C1. The second-order valence-electron chi connectivity index (χ2n) is 9.88. The molecule has 4 aromatic heterocycles. The van der Waals surface area contributed by atoms with Crippen molar-refractivity contribution in [2.24, 2.45) is 5.92 Å². The monoisotopic (exact) mass is 493 g/mol. The molecule has 1 atom stereocenters. The van der Waals surface area contributed by atoms with Gasteiger partial charge in [-0.3, -0.25) is 9.67 Å². The summed E-state index contributed by atoms with van der Waals surface area (Å²) >= 11 is 0. The van der Waals surface area contributed by atoms with Crippen LogP contribution in [0.2, 0.25) is 0 Å². The zero-order valence-corrected chi connectivity index (χ0v) is 21.5. The fourth-order valence-electron chi connectivity index (χ4n) is 5.15. The summed E-state index contributed by atoms with van der Waals surface area (Å²) < 4.78 is 9.45. The Labute approximate surface area is 216 Å². The molecule has 188 valence electrons. The van der Waals surface area contributed by atoms with E-state index in [0.717, 1.165) is 65.5 Å². The first kappa shape index (κ1) is 23.4. The summed E-state index contributed by atoms with van der Waals surface area (Å²) in [6, 6.07) is 18.7. The van der Waals surface area contributed by atoms with Gasteiger partial charge in [-0.15, -0.1) is 5.10 Å². The summed E-state index contributed by atoms with van der Waals surface area (Å²) in [4.78, 5) is 12.1. The molecule has 0 aliphatic carbocycles. The van der Waals surface area contributed by atoms with Crippen molar-refractivity contribution in [3.05, 3.63) is 73.2 Å². The number of aromatic nitrogens is 6. The largest absolute Gasteiger partial charge is 0.384 e. The van der Waals surface area contributed by atoms with Gasteiger partial charge in [0, 0.05) is 61.9 Å². The Bertz CT molecular complexity index is 1510. The predicted molar refractivity (Wildman–Crippen MR) is 145 cm³/mol. The Kier molecular flexibility index (Phi) is 6.18. The van der Waals surface area contributed by atoms with E-state index in [9.17, 15) is 0 Å². The molecular formula is C29H31N7O. The van der Waals surface area contributed by atoms with Gasteiger partial charge in [0.05, 0.1) is 12.3 Å². The molecule has 8 nitrogen and oxygen atoms in total. The summed E-state index contributed by atoms with van der Waals surface area (Å²) in [5.74, 6) is 1.99. The van der Waals surface area contributed by atoms with Gasteiger partial charge in [0.25, 0.3) is 0 Å². The van der Waals surface area contributed by atoms with Gasteiger partial charge in [-0.05, 0) is 44.0 Å². The maximum absolute atomic E-state index is 5.48. The van der Waals surface area contributed by atoms with E-state index in [0.29, 0.717) is 11.7 Å². The molecule has 5 aromatic rings. The average Bonchev–Trinajstić information content (AvgIpc) is 3.68. The highest BCUT2D eigenvalue weighted by Crippen LogP contribution is 2.41. The van der Waals surface area contributed by atoms with Gasteiger partial charge >= 0.3 is 0 Å². The van der Waals surface area contributed by atoms with E-state index in [1.807, 2.05) is 39.7 Å². The molecule has 0 N–H and O–H groups in total. The highest BCUT2D eigenvalue weighted by Gasteiger charge is 2.29. The lowest BCUT2D eigenvalue weighted by atomic mass is 10.0. The Balaban J connectivity index is 1.62. The summed E-state index contributed by atoms with van der Waals surface area (Å²) in [5, 5.41) is 9.88. The van der Waals surface area contributed by atoms with E-state index < -0.39 is 0 Å². The molecule has 1 fully saturated rings. The molecular weight excluding hydrogens is 462 g/mol. The number of methoxy groups -OCH3 is 1. The molecule has 1 saturated heterocycles. The van der Waals surface area contributed by atoms with E-state index in [4.69, 9.17) is 19.9 Å². The second kappa shape index (κ2) is 9.78. The summed E-state index contributed by atoms with van der Waals surface area (Å²) in [5.41, 5.74) is 5.89. The molecule has 8 heteroatoms. The number of hydrogen-bond donors (Lipinski definition) is 0. The minimum absolute atomic E-state index is 0.277. The quantitative estimate of drug-likeness (QED) is 0.303. The van der Waals surface area contributed by atoms with Crippen molar-refractivity contribution in [1.82, 2.24) is 29.4 Å². The van der Waals surface area contributed by atoms with Gasteiger partial charge in [0.2, 0.25) is 5.82 Å². The van der Waals surface area contributed by atoms with Crippen LogP contribution in [0.5, 0.6) is 0 Å². The fraction of sp³-hybridized carbons (Fsp3) is 0.310. The number of fused-ring (bicyclic) bond motifs is 1. The number of ether oxygens (including phenoxy) is 1. The van der Waals surface area contributed by atoms with Crippen LogP contribution < -0.4 is 4.90 Å². The van der Waals surface area contributed by atoms with Crippen LogP contribution in [0.4, 0.5) is 5.82 Å². The Morgan fingerprint density at radius 3 is 2.57 bits per heavy atom. The third-order valence-corrected chi connectivity index (χ3v) is 6.97. The molecule has 6 rings (SSSR count). The van der Waals surface area contributed by atoms with Gasteiger partial charge in [-0.25, -0.2) is 9.50 Å². The van der Waals surface area contributed by atoms with Crippen LogP contribution in [0.3, 0.4) is 0 Å². The van der Waals surface area contributed by atoms with Gasteiger partial charge in [-0.2, -0.15) is 5.10 Å². The van der Waals surface area contributed by atoms with E-state index in [2.05, 4.69) is 60.3 Å². The van der Waals surface area contributed by atoms with Crippen molar-refractivity contribution in [2.45, 2.75) is 26.3 Å². The van der Waals surface area contributed by atoms with Crippen LogP contribution in [0.25, 0.3) is 39.4 Å². The fourth-order valence-corrected chi connectivity index (χ4v) is 5.15. The minimum Gasteiger partial charge on any atom is -0.384 e. The van der Waals surface area contributed by atoms with Crippen molar-refractivity contribution < 1.29 is 4.74 Å². The first-order chi connectivity index (χ1) is 18.1. The third kappa shape index (κ3) is 4.38. The molecule has 0 radical (unpaired) electrons. The van der Waals surface area contributed by atoms with Crippen LogP contribution in [-0.2, 0) is 4.74 Å². The average molecular weight is 494 g/mol. The molecule has 0 bridgehead atoms. The standard InChI is InChI=1S/C29H31N7O/c1-20(2)35-16-13-24(32-35)23-18-36-27(26(23)22-9-5-4-6-10-22)29(34-15-12-21(17-34)19-37-3)31-28(33-36)25-11-7-8-14-30-25/h4-11,13-14,16,18,20-21H,12,15,17,19H2,1-3H3. The Hall–Kier alpha value is -4.04. The molecule has 1 aliphatic heterocycles. The van der Waals surface area contributed by atoms with Gasteiger partial charge in [0.1, 0.15) is 11.2 Å². The maximum atomic E-state index is 5.48. The van der Waals surface area contributed by atoms with E-state index >= 15 is 0 Å². The van der Waals surface area contributed by atoms with Crippen molar-refractivity contribution in [3.8, 4) is 33.9 Å². The van der Waals surface area contributed by atoms with E-state index in [1.54, 1.807) is 13.3 Å². The van der Waals surface area contributed by atoms with Crippen LogP contribution in [0.1, 0.15) is 26.3 Å². The molecule has 0 spiro atoms. The van der Waals surface area contributed by atoms with Gasteiger partial charge < -0.3 is 9.64 Å². The van der Waals surface area contributed by atoms with Crippen molar-refractivity contribution in [3.63, 3.8) is 0 Å². The van der Waals surface area contributed by atoms with Crippen LogP contribution in [0.15, 0.2) is 73.2 Å². The number of benzene rings is 1. The zero-order chi connectivity index (χ0) is 25.4. The van der Waals surface area contributed by atoms with Gasteiger partial charge in [-0.1, -0.05) is 36.4 Å². The molecule has 1 unspecified atom stereocenters. The first-order valence-electron chi connectivity index (χ1n) is 12.8. The lowest BCUT2D eigenvalue weighted by molar-refractivity contribution is 0.161. The number of hydrogen-bond acceptors (Lipinski definition) is 6. The lowest BCUT2D eigenvalue weighted by Gasteiger charge is -2.20. The molecule has 0 saturated carbocycles. The zero-order valence-electron chi connectivity index (χ0n) is 21.5. The van der Waals surface area contributed by atoms with Crippen molar-refractivity contribution >= 4 is 11.3 Å². The number of rotatable bonds is 7. The maximum Gasteiger partial charge on any atom is 0.200 e. The minimum atomic E-state index is 0.277. The lowest BCUT2D eigenvalue weighted by Crippen LogP contribution is -2.23. The molecule has 5 heterocycles. The molecule has 1 aromatic carbocycles. The van der Waals surface area contributed by atoms with Gasteiger partial charge in [0.15, 0.2) is 5.82 Å². The molecule has 37 heavy (non-hydrogen) atoms. The summed E-state index contributed by atoms with van der Waals surface area (Å²) in [7, 11) is 1.77. The summed E-state index contributed by atoms with van der Waals surface area (Å²) in [6.45, 7) is 6.82. The number of anilines is 1. The number of pyridine rings is 1. The van der Waals surface area contributed by atoms with Crippen LogP contribution >= 0.6 is 0 Å². The molecule has 0 amide bonds. The summed E-state index contributed by atoms with van der Waals surface area (Å²) in [6.07, 6.45) is 6.97. The number of nitrogens with zero attached hydrogens (tertiary/aromatic N) is 7. The van der Waals surface area contributed by atoms with E-state index in [1.165, 1.54) is 0 Å². The first-order valence-corrected chi connectivity index (χ1v) is 12.8. The normalized spacial score (nSPS) is 15.8. The van der Waals surface area contributed by atoms with Crippen LogP contribution in [-0.4, -0.2) is 56.2 Å². The van der Waals surface area contributed by atoms with E-state index in [-0.39, 0.29) is 6.04 Å². The Morgan fingerprint density at radius 2 is 1.84 bits per heavy atom. The second-order valence-corrected chi connectivity index (χ2v) is 9.88. The van der Waals surface area contributed by atoms with Crippen molar-refractivity contribution in [2.75, 3.05) is 31.7 Å². The van der Waals surface area contributed by atoms with Crippen LogP contribution in [0, 0.1) is 5.92 Å². The third-order valence-electron chi connectivity index (χ3n) is 6.97. The topological polar surface area (TPSA) is 73.4 Å². The van der Waals surface area contributed by atoms with Crippen molar-refractivity contribution in [1.29, 1.82) is 0 Å². The highest BCUT2D eigenvalue weighted by molar-refractivity contribution is 5.98.